The molecule has 0 bridgehead atoms. The standard InChI is InChI=1S/C16H15N3O/c1-11-7-9-12(10-8-11)20-15-13-5-3-4-6-14(13)18-16(17-2)19-15/h3-10H,1-2H3,(H,17,18,19). The maximum absolute atomic E-state index is 5.90. The number of hydrogen-bond donors (Lipinski definition) is 1. The molecule has 0 saturated heterocycles. The van der Waals surface area contributed by atoms with Crippen molar-refractivity contribution in [3.63, 3.8) is 0 Å². The minimum atomic E-state index is 0.547. The number of benzene rings is 2. The van der Waals surface area contributed by atoms with Crippen molar-refractivity contribution in [2.45, 2.75) is 6.92 Å². The molecule has 0 saturated carbocycles. The van der Waals surface area contributed by atoms with Crippen molar-refractivity contribution < 1.29 is 4.74 Å². The van der Waals surface area contributed by atoms with Crippen LogP contribution in [0.15, 0.2) is 48.5 Å². The number of para-hydroxylation sites is 1. The summed E-state index contributed by atoms with van der Waals surface area (Å²) in [5.74, 6) is 1.87. The van der Waals surface area contributed by atoms with Gasteiger partial charge in [-0.2, -0.15) is 4.98 Å². The lowest BCUT2D eigenvalue weighted by Crippen LogP contribution is -1.99. The maximum Gasteiger partial charge on any atom is 0.231 e. The topological polar surface area (TPSA) is 47.0 Å². The monoisotopic (exact) mass is 265 g/mol. The fraction of sp³-hybridized carbons (Fsp3) is 0.125. The van der Waals surface area contributed by atoms with E-state index in [4.69, 9.17) is 4.74 Å². The number of hydrogen-bond acceptors (Lipinski definition) is 4. The molecule has 0 aliphatic heterocycles. The van der Waals surface area contributed by atoms with Gasteiger partial charge in [0.15, 0.2) is 0 Å². The van der Waals surface area contributed by atoms with Crippen LogP contribution in [0.2, 0.25) is 0 Å². The highest BCUT2D eigenvalue weighted by Gasteiger charge is 2.08. The van der Waals surface area contributed by atoms with Gasteiger partial charge in [-0.3, -0.25) is 0 Å². The average Bonchev–Trinajstić information content (AvgIpc) is 2.49. The van der Waals surface area contributed by atoms with E-state index in [1.807, 2.05) is 55.5 Å². The van der Waals surface area contributed by atoms with Crippen molar-refractivity contribution in [3.05, 3.63) is 54.1 Å². The molecule has 0 atom stereocenters. The fourth-order valence-electron chi connectivity index (χ4n) is 1.96. The summed E-state index contributed by atoms with van der Waals surface area (Å²) in [6.45, 7) is 2.04. The molecule has 100 valence electrons. The summed E-state index contributed by atoms with van der Waals surface area (Å²) in [4.78, 5) is 8.80. The first kappa shape index (κ1) is 12.4. The van der Waals surface area contributed by atoms with Gasteiger partial charge in [-0.15, -0.1) is 0 Å². The molecule has 20 heavy (non-hydrogen) atoms. The van der Waals surface area contributed by atoms with Gasteiger partial charge in [-0.05, 0) is 31.2 Å². The number of aryl methyl sites for hydroxylation is 1. The minimum absolute atomic E-state index is 0.547. The Morgan fingerprint density at radius 3 is 2.45 bits per heavy atom. The summed E-state index contributed by atoms with van der Waals surface area (Å²) in [6.07, 6.45) is 0. The Balaban J connectivity index is 2.07. The Kier molecular flexibility index (Phi) is 3.21. The van der Waals surface area contributed by atoms with Gasteiger partial charge in [0, 0.05) is 7.05 Å². The lowest BCUT2D eigenvalue weighted by molar-refractivity contribution is 0.469. The third kappa shape index (κ3) is 2.40. The van der Waals surface area contributed by atoms with Gasteiger partial charge in [0.2, 0.25) is 11.8 Å². The Labute approximate surface area is 117 Å². The van der Waals surface area contributed by atoms with Crippen LogP contribution < -0.4 is 10.1 Å². The quantitative estimate of drug-likeness (QED) is 0.783. The summed E-state index contributed by atoms with van der Waals surface area (Å²) < 4.78 is 5.90. The van der Waals surface area contributed by atoms with Crippen LogP contribution in [0.3, 0.4) is 0 Å². The van der Waals surface area contributed by atoms with E-state index in [-0.39, 0.29) is 0 Å². The Bertz CT molecular complexity index is 738. The maximum atomic E-state index is 5.90. The lowest BCUT2D eigenvalue weighted by atomic mass is 10.2. The number of fused-ring (bicyclic) bond motifs is 1. The van der Waals surface area contributed by atoms with E-state index in [2.05, 4.69) is 15.3 Å². The highest BCUT2D eigenvalue weighted by atomic mass is 16.5. The number of aromatic nitrogens is 2. The molecule has 4 heteroatoms. The summed E-state index contributed by atoms with van der Waals surface area (Å²) in [7, 11) is 1.79. The Hall–Kier alpha value is -2.62. The van der Waals surface area contributed by atoms with Crippen molar-refractivity contribution in [3.8, 4) is 11.6 Å². The first-order valence-electron chi connectivity index (χ1n) is 6.45. The molecule has 0 spiro atoms. The van der Waals surface area contributed by atoms with Gasteiger partial charge < -0.3 is 10.1 Å². The summed E-state index contributed by atoms with van der Waals surface area (Å²) >= 11 is 0. The zero-order chi connectivity index (χ0) is 13.9. The molecule has 2 aromatic carbocycles. The van der Waals surface area contributed by atoms with Gasteiger partial charge in [0.25, 0.3) is 0 Å². The Morgan fingerprint density at radius 2 is 1.70 bits per heavy atom. The zero-order valence-electron chi connectivity index (χ0n) is 11.4. The number of anilines is 1. The molecular weight excluding hydrogens is 250 g/mol. The highest BCUT2D eigenvalue weighted by molar-refractivity contribution is 5.84. The molecule has 0 aliphatic rings. The second-order valence-corrected chi connectivity index (χ2v) is 4.53. The summed E-state index contributed by atoms with van der Waals surface area (Å²) in [5.41, 5.74) is 2.05. The molecule has 1 heterocycles. The highest BCUT2D eigenvalue weighted by Crippen LogP contribution is 2.28. The largest absolute Gasteiger partial charge is 0.438 e. The molecule has 0 fully saturated rings. The molecule has 1 aromatic heterocycles. The van der Waals surface area contributed by atoms with Crippen molar-refractivity contribution in [2.75, 3.05) is 12.4 Å². The third-order valence-electron chi connectivity index (χ3n) is 3.03. The molecule has 0 aliphatic carbocycles. The van der Waals surface area contributed by atoms with Crippen molar-refractivity contribution in [1.29, 1.82) is 0 Å². The number of nitrogens with zero attached hydrogens (tertiary/aromatic N) is 2. The van der Waals surface area contributed by atoms with E-state index in [0.29, 0.717) is 11.8 Å². The third-order valence-corrected chi connectivity index (χ3v) is 3.03. The first-order chi connectivity index (χ1) is 9.76. The van der Waals surface area contributed by atoms with Crippen molar-refractivity contribution in [2.24, 2.45) is 0 Å². The Morgan fingerprint density at radius 1 is 0.950 bits per heavy atom. The molecule has 0 amide bonds. The van der Waals surface area contributed by atoms with Crippen LogP contribution in [0.25, 0.3) is 10.9 Å². The van der Waals surface area contributed by atoms with Crippen LogP contribution in [-0.4, -0.2) is 17.0 Å². The zero-order valence-corrected chi connectivity index (χ0v) is 11.4. The molecule has 1 N–H and O–H groups in total. The molecular formula is C16H15N3O. The summed E-state index contributed by atoms with van der Waals surface area (Å²) in [5, 5.41) is 3.85. The molecule has 3 rings (SSSR count). The fourth-order valence-corrected chi connectivity index (χ4v) is 1.96. The van der Waals surface area contributed by atoms with Gasteiger partial charge in [0.1, 0.15) is 5.75 Å². The van der Waals surface area contributed by atoms with Gasteiger partial charge >= 0.3 is 0 Å². The van der Waals surface area contributed by atoms with E-state index in [1.165, 1.54) is 5.56 Å². The second kappa shape index (κ2) is 5.17. The molecule has 0 radical (unpaired) electrons. The van der Waals surface area contributed by atoms with Crippen molar-refractivity contribution >= 4 is 16.9 Å². The second-order valence-electron chi connectivity index (χ2n) is 4.53. The van der Waals surface area contributed by atoms with Crippen molar-refractivity contribution in [1.82, 2.24) is 9.97 Å². The normalized spacial score (nSPS) is 10.5. The smallest absolute Gasteiger partial charge is 0.231 e. The van der Waals surface area contributed by atoms with E-state index in [0.717, 1.165) is 16.7 Å². The number of nitrogens with one attached hydrogen (secondary N) is 1. The van der Waals surface area contributed by atoms with E-state index in [1.54, 1.807) is 7.05 Å². The van der Waals surface area contributed by atoms with Gasteiger partial charge in [-0.25, -0.2) is 4.98 Å². The van der Waals surface area contributed by atoms with E-state index < -0.39 is 0 Å². The molecule has 3 aromatic rings. The van der Waals surface area contributed by atoms with Crippen LogP contribution in [0.5, 0.6) is 11.6 Å². The van der Waals surface area contributed by atoms with Gasteiger partial charge in [0.05, 0.1) is 10.9 Å². The van der Waals surface area contributed by atoms with Crippen LogP contribution in [0.1, 0.15) is 5.56 Å². The summed E-state index contributed by atoms with van der Waals surface area (Å²) in [6, 6.07) is 15.7. The SMILES string of the molecule is CNc1nc(Oc2ccc(C)cc2)c2ccccc2n1. The predicted molar refractivity (Wildman–Crippen MR) is 80.3 cm³/mol. The number of rotatable bonds is 3. The first-order valence-corrected chi connectivity index (χ1v) is 6.45. The molecule has 0 unspecified atom stereocenters. The predicted octanol–water partition coefficient (Wildman–Crippen LogP) is 3.77. The van der Waals surface area contributed by atoms with E-state index in [9.17, 15) is 0 Å². The number of ether oxygens (including phenoxy) is 1. The van der Waals surface area contributed by atoms with Crippen LogP contribution in [0, 0.1) is 6.92 Å². The minimum Gasteiger partial charge on any atom is -0.438 e. The average molecular weight is 265 g/mol. The van der Waals surface area contributed by atoms with Gasteiger partial charge in [-0.1, -0.05) is 29.8 Å². The van der Waals surface area contributed by atoms with Crippen LogP contribution >= 0.6 is 0 Å². The lowest BCUT2D eigenvalue weighted by Gasteiger charge is -2.09. The van der Waals surface area contributed by atoms with E-state index >= 15 is 0 Å². The van der Waals surface area contributed by atoms with Crippen LogP contribution in [0.4, 0.5) is 5.95 Å². The van der Waals surface area contributed by atoms with Crippen LogP contribution in [-0.2, 0) is 0 Å². The molecule has 4 nitrogen and oxygen atoms in total.